The number of hydrogen-bond acceptors (Lipinski definition) is 1. The van der Waals surface area contributed by atoms with Gasteiger partial charge in [-0.25, -0.2) is 0 Å². The van der Waals surface area contributed by atoms with Gasteiger partial charge in [0.15, 0.2) is 0 Å². The first-order valence-corrected chi connectivity index (χ1v) is 6.18. The first-order valence-electron chi connectivity index (χ1n) is 6.18. The third-order valence-electron chi connectivity index (χ3n) is 1.99. The predicted molar refractivity (Wildman–Crippen MR) is 67.7 cm³/mol. The average molecular weight is 201 g/mol. The molecule has 14 heavy (non-hydrogen) atoms. The maximum absolute atomic E-state index is 3.48. The van der Waals surface area contributed by atoms with Crippen molar-refractivity contribution in [2.75, 3.05) is 13.1 Å². The smallest absolute Gasteiger partial charge is 0.000261 e. The Kier molecular flexibility index (Phi) is 11.1. The van der Waals surface area contributed by atoms with Gasteiger partial charge in [0, 0.05) is 6.54 Å². The Morgan fingerprint density at radius 2 is 1.64 bits per heavy atom. The van der Waals surface area contributed by atoms with E-state index in [4.69, 9.17) is 0 Å². The van der Waals surface area contributed by atoms with Gasteiger partial charge in [-0.2, -0.15) is 0 Å². The van der Waals surface area contributed by atoms with Crippen molar-refractivity contribution in [3.63, 3.8) is 0 Å². The molecule has 0 saturated heterocycles. The average Bonchev–Trinajstić information content (AvgIpc) is 2.05. The quantitative estimate of drug-likeness (QED) is 0.638. The lowest BCUT2D eigenvalue weighted by molar-refractivity contribution is 0.274. The summed E-state index contributed by atoms with van der Waals surface area (Å²) in [7, 11) is 0. The molecule has 0 atom stereocenters. The van der Waals surface area contributed by atoms with E-state index < -0.39 is 0 Å². The highest BCUT2D eigenvalue weighted by molar-refractivity contribution is 4.72. The van der Waals surface area contributed by atoms with Crippen molar-refractivity contribution in [1.82, 2.24) is 5.32 Å². The predicted octanol–water partition coefficient (Wildman–Crippen LogP) is 4.08. The monoisotopic (exact) mass is 201 g/mol. The minimum absolute atomic E-state index is 0.462. The third-order valence-corrected chi connectivity index (χ3v) is 1.99. The molecule has 0 fully saturated rings. The first kappa shape index (κ1) is 16.4. The van der Waals surface area contributed by atoms with E-state index in [1.54, 1.807) is 0 Å². The van der Waals surface area contributed by atoms with E-state index in [0.717, 1.165) is 19.0 Å². The van der Waals surface area contributed by atoms with Crippen LogP contribution in [0.2, 0.25) is 0 Å². The lowest BCUT2D eigenvalue weighted by atomic mass is 9.84. The highest BCUT2D eigenvalue weighted by Gasteiger charge is 2.18. The fourth-order valence-electron chi connectivity index (χ4n) is 1.78. The van der Waals surface area contributed by atoms with Crippen molar-refractivity contribution < 1.29 is 0 Å². The molecule has 0 rings (SSSR count). The van der Waals surface area contributed by atoms with Gasteiger partial charge >= 0.3 is 0 Å². The molecular weight excluding hydrogens is 170 g/mol. The van der Waals surface area contributed by atoms with E-state index in [1.807, 2.05) is 13.8 Å². The summed E-state index contributed by atoms with van der Waals surface area (Å²) in [5, 5.41) is 3.48. The summed E-state index contributed by atoms with van der Waals surface area (Å²) in [6.45, 7) is 17.8. The van der Waals surface area contributed by atoms with E-state index in [1.165, 1.54) is 12.8 Å². The number of rotatable bonds is 6. The van der Waals surface area contributed by atoms with Crippen LogP contribution in [0.25, 0.3) is 0 Å². The molecule has 0 aliphatic rings. The second-order valence-corrected chi connectivity index (χ2v) is 4.94. The lowest BCUT2D eigenvalue weighted by Crippen LogP contribution is -2.30. The Bertz CT molecular complexity index is 106. The largest absolute Gasteiger partial charge is 0.316 e. The maximum atomic E-state index is 3.48. The van der Waals surface area contributed by atoms with Gasteiger partial charge in [0.1, 0.15) is 0 Å². The summed E-state index contributed by atoms with van der Waals surface area (Å²) in [6, 6.07) is 0. The molecule has 0 spiro atoms. The van der Waals surface area contributed by atoms with Crippen LogP contribution in [0.15, 0.2) is 0 Å². The van der Waals surface area contributed by atoms with E-state index in [-0.39, 0.29) is 0 Å². The van der Waals surface area contributed by atoms with Crippen LogP contribution in [0, 0.1) is 11.3 Å². The molecule has 1 heteroatoms. The molecule has 0 aromatic carbocycles. The standard InChI is InChI=1S/C11H25N.C2H6/c1-6-7-12-9-11(4,5)8-10(2)3;1-2/h10,12H,6-9H2,1-5H3;1-2H3. The maximum Gasteiger partial charge on any atom is 0.000261 e. The van der Waals surface area contributed by atoms with Crippen molar-refractivity contribution in [2.45, 2.75) is 61.3 Å². The molecule has 0 heterocycles. The Morgan fingerprint density at radius 1 is 1.14 bits per heavy atom. The van der Waals surface area contributed by atoms with Crippen LogP contribution in [-0.4, -0.2) is 13.1 Å². The van der Waals surface area contributed by atoms with Gasteiger partial charge in [0.25, 0.3) is 0 Å². The lowest BCUT2D eigenvalue weighted by Gasteiger charge is -2.26. The van der Waals surface area contributed by atoms with Crippen molar-refractivity contribution >= 4 is 0 Å². The molecule has 0 aliphatic heterocycles. The van der Waals surface area contributed by atoms with E-state index in [2.05, 4.69) is 39.9 Å². The van der Waals surface area contributed by atoms with Gasteiger partial charge in [0.2, 0.25) is 0 Å². The zero-order chi connectivity index (χ0) is 11.6. The molecule has 1 nitrogen and oxygen atoms in total. The molecule has 0 aliphatic carbocycles. The molecule has 0 unspecified atom stereocenters. The molecule has 0 saturated carbocycles. The SMILES string of the molecule is CC.CCCNCC(C)(C)CC(C)C. The highest BCUT2D eigenvalue weighted by atomic mass is 14.9. The van der Waals surface area contributed by atoms with Crippen LogP contribution in [-0.2, 0) is 0 Å². The molecule has 0 radical (unpaired) electrons. The minimum atomic E-state index is 0.462. The molecule has 0 amide bonds. The summed E-state index contributed by atoms with van der Waals surface area (Å²) in [5.41, 5.74) is 0.462. The molecular formula is C13H31N. The van der Waals surface area contributed by atoms with Crippen molar-refractivity contribution in [3.8, 4) is 0 Å². The Morgan fingerprint density at radius 3 is 2.00 bits per heavy atom. The van der Waals surface area contributed by atoms with Crippen LogP contribution >= 0.6 is 0 Å². The number of hydrogen-bond donors (Lipinski definition) is 1. The van der Waals surface area contributed by atoms with E-state index in [9.17, 15) is 0 Å². The Balaban J connectivity index is 0. The summed E-state index contributed by atoms with van der Waals surface area (Å²) < 4.78 is 0. The number of nitrogens with one attached hydrogen (secondary N) is 1. The Labute approximate surface area is 91.7 Å². The van der Waals surface area contributed by atoms with Crippen molar-refractivity contribution in [3.05, 3.63) is 0 Å². The zero-order valence-electron chi connectivity index (χ0n) is 11.4. The fourth-order valence-corrected chi connectivity index (χ4v) is 1.78. The van der Waals surface area contributed by atoms with Gasteiger partial charge in [-0.05, 0) is 30.7 Å². The zero-order valence-corrected chi connectivity index (χ0v) is 11.4. The van der Waals surface area contributed by atoms with Crippen LogP contribution in [0.4, 0.5) is 0 Å². The second-order valence-electron chi connectivity index (χ2n) is 4.94. The molecule has 0 aromatic heterocycles. The van der Waals surface area contributed by atoms with Crippen LogP contribution in [0.1, 0.15) is 61.3 Å². The van der Waals surface area contributed by atoms with Crippen LogP contribution in [0.5, 0.6) is 0 Å². The minimum Gasteiger partial charge on any atom is -0.316 e. The van der Waals surface area contributed by atoms with Crippen LogP contribution < -0.4 is 5.32 Å². The van der Waals surface area contributed by atoms with Gasteiger partial charge in [-0.15, -0.1) is 0 Å². The summed E-state index contributed by atoms with van der Waals surface area (Å²) >= 11 is 0. The fraction of sp³-hybridized carbons (Fsp3) is 1.00. The molecule has 0 bridgehead atoms. The van der Waals surface area contributed by atoms with Crippen LogP contribution in [0.3, 0.4) is 0 Å². The normalized spacial score (nSPS) is 11.1. The van der Waals surface area contributed by atoms with Gasteiger partial charge in [0.05, 0.1) is 0 Å². The van der Waals surface area contributed by atoms with Crippen molar-refractivity contribution in [2.24, 2.45) is 11.3 Å². The van der Waals surface area contributed by atoms with Gasteiger partial charge < -0.3 is 5.32 Å². The molecule has 1 N–H and O–H groups in total. The van der Waals surface area contributed by atoms with Gasteiger partial charge in [-0.3, -0.25) is 0 Å². The van der Waals surface area contributed by atoms with E-state index in [0.29, 0.717) is 5.41 Å². The highest BCUT2D eigenvalue weighted by Crippen LogP contribution is 2.23. The summed E-state index contributed by atoms with van der Waals surface area (Å²) in [6.07, 6.45) is 2.54. The summed E-state index contributed by atoms with van der Waals surface area (Å²) in [4.78, 5) is 0. The van der Waals surface area contributed by atoms with Crippen molar-refractivity contribution in [1.29, 1.82) is 0 Å². The third kappa shape index (κ3) is 12.0. The second kappa shape index (κ2) is 9.51. The Hall–Kier alpha value is -0.0400. The van der Waals surface area contributed by atoms with Gasteiger partial charge in [-0.1, -0.05) is 48.5 Å². The molecule has 0 aromatic rings. The topological polar surface area (TPSA) is 12.0 Å². The molecule has 88 valence electrons. The van der Waals surface area contributed by atoms with E-state index >= 15 is 0 Å². The summed E-state index contributed by atoms with van der Waals surface area (Å²) in [5.74, 6) is 0.809. The first-order chi connectivity index (χ1) is 6.48.